The second-order valence-corrected chi connectivity index (χ2v) is 10.9. The maximum absolute atomic E-state index is 13.0. The van der Waals surface area contributed by atoms with Crippen molar-refractivity contribution in [3.63, 3.8) is 0 Å². The van der Waals surface area contributed by atoms with Crippen molar-refractivity contribution >= 4 is 51.9 Å². The molecule has 0 saturated carbocycles. The number of allylic oxidation sites excluding steroid dienone is 1. The van der Waals surface area contributed by atoms with Crippen molar-refractivity contribution in [1.82, 2.24) is 24.6 Å². The van der Waals surface area contributed by atoms with Gasteiger partial charge in [-0.05, 0) is 11.6 Å². The quantitative estimate of drug-likeness (QED) is 0.163. The van der Waals surface area contributed by atoms with Crippen LogP contribution >= 0.6 is 23.3 Å². The number of nitrogens with zero attached hydrogens (tertiary/aromatic N) is 6. The number of β-lactam (4-membered cyclic amide) rings is 1. The maximum atomic E-state index is 13.0. The third kappa shape index (κ3) is 4.69. The number of oxime groups is 1. The number of fused-ring (bicyclic) bond motifs is 2. The van der Waals surface area contributed by atoms with E-state index in [9.17, 15) is 23.9 Å². The molecule has 2 amide bonds. The number of nitrogen functional groups attached to an aromatic ring is 1. The molecule has 4 aliphatic heterocycles. The third-order valence-corrected chi connectivity index (χ3v) is 8.75. The lowest BCUT2D eigenvalue weighted by molar-refractivity contribution is -1.00. The number of aromatic nitrogens is 2. The Morgan fingerprint density at radius 3 is 2.76 bits per heavy atom. The molecule has 4 aliphatic rings. The topological polar surface area (TPSA) is 163 Å². The molecule has 0 spiro atoms. The molecular formula is C21H26FN8O5S2+. The first-order chi connectivity index (χ1) is 17.8. The number of nitrogens with one attached hydrogen (secondary N) is 1. The van der Waals surface area contributed by atoms with Gasteiger partial charge >= 0.3 is 5.97 Å². The van der Waals surface area contributed by atoms with E-state index in [1.54, 1.807) is 0 Å². The van der Waals surface area contributed by atoms with Crippen LogP contribution in [0.25, 0.3) is 0 Å². The molecule has 13 nitrogen and oxygen atoms in total. The molecule has 198 valence electrons. The van der Waals surface area contributed by atoms with E-state index in [2.05, 4.69) is 29.7 Å². The Morgan fingerprint density at radius 2 is 2.11 bits per heavy atom. The second kappa shape index (κ2) is 10.4. The van der Waals surface area contributed by atoms with Crippen LogP contribution in [0, 0.1) is 0 Å². The smallest absolute Gasteiger partial charge is 0.352 e. The van der Waals surface area contributed by atoms with Crippen molar-refractivity contribution in [2.45, 2.75) is 24.3 Å². The molecule has 5 heterocycles. The first-order valence-electron chi connectivity index (χ1n) is 11.7. The van der Waals surface area contributed by atoms with Gasteiger partial charge in [0.25, 0.3) is 18.7 Å². The Balaban J connectivity index is 1.30. The molecule has 16 heteroatoms. The molecule has 4 N–H and O–H groups in total. The number of anilines is 1. The van der Waals surface area contributed by atoms with Crippen molar-refractivity contribution in [2.24, 2.45) is 5.16 Å². The maximum Gasteiger partial charge on any atom is 0.352 e. The van der Waals surface area contributed by atoms with Crippen molar-refractivity contribution in [1.29, 1.82) is 0 Å². The minimum Gasteiger partial charge on any atom is -0.477 e. The molecule has 0 aliphatic carbocycles. The predicted octanol–water partition coefficient (Wildman–Crippen LogP) is -0.0960. The summed E-state index contributed by atoms with van der Waals surface area (Å²) in [5, 5.41) is 17.8. The summed E-state index contributed by atoms with van der Waals surface area (Å²) < 4.78 is 17.3. The average Bonchev–Trinajstić information content (AvgIpc) is 3.58. The van der Waals surface area contributed by atoms with Gasteiger partial charge in [0.1, 0.15) is 23.7 Å². The predicted molar refractivity (Wildman–Crippen MR) is 132 cm³/mol. The summed E-state index contributed by atoms with van der Waals surface area (Å²) in [5.74, 6) is -2.46. The van der Waals surface area contributed by atoms with E-state index in [4.69, 9.17) is 5.73 Å². The highest BCUT2D eigenvalue weighted by molar-refractivity contribution is 8.00. The van der Waals surface area contributed by atoms with E-state index in [-0.39, 0.29) is 16.7 Å². The van der Waals surface area contributed by atoms with E-state index >= 15 is 0 Å². The lowest BCUT2D eigenvalue weighted by Gasteiger charge is -2.49. The van der Waals surface area contributed by atoms with Crippen LogP contribution < -0.4 is 11.1 Å². The highest BCUT2D eigenvalue weighted by Gasteiger charge is 2.54. The molecule has 0 unspecified atom stereocenters. The fourth-order valence-electron chi connectivity index (χ4n) is 5.30. The van der Waals surface area contributed by atoms with Gasteiger partial charge in [0, 0.05) is 30.1 Å². The van der Waals surface area contributed by atoms with E-state index in [0.29, 0.717) is 11.3 Å². The third-order valence-electron chi connectivity index (χ3n) is 6.91. The Bertz CT molecular complexity index is 1190. The van der Waals surface area contributed by atoms with Crippen LogP contribution in [0.1, 0.15) is 18.7 Å². The number of amides is 2. The molecule has 3 saturated heterocycles. The van der Waals surface area contributed by atoms with E-state index < -0.39 is 41.8 Å². The molecule has 1 aromatic rings. The molecule has 3 fully saturated rings. The number of carboxylic acids is 1. The number of quaternary nitrogens is 1. The molecule has 0 radical (unpaired) electrons. The highest BCUT2D eigenvalue weighted by Crippen LogP contribution is 2.41. The lowest BCUT2D eigenvalue weighted by atomic mass is 10.0. The minimum absolute atomic E-state index is 0.0632. The number of hydrogen-bond donors (Lipinski definition) is 3. The molecule has 0 aromatic carbocycles. The Kier molecular flexibility index (Phi) is 7.15. The Morgan fingerprint density at radius 1 is 1.35 bits per heavy atom. The molecule has 1 aromatic heterocycles. The summed E-state index contributed by atoms with van der Waals surface area (Å²) in [6.07, 6.45) is 6.13. The van der Waals surface area contributed by atoms with Crippen molar-refractivity contribution in [3.8, 4) is 0 Å². The molecule has 0 bridgehead atoms. The summed E-state index contributed by atoms with van der Waals surface area (Å²) in [7, 11) is 0. The number of carbonyl (C=O) groups is 3. The van der Waals surface area contributed by atoms with Gasteiger partial charge in [-0.3, -0.25) is 14.5 Å². The van der Waals surface area contributed by atoms with Crippen LogP contribution in [0.15, 0.2) is 28.6 Å². The standard InChI is InChI=1S/C21H25FN8O5S2/c22-11-35-26-13(16-25-21(23)37-27-16)17(31)24-14-18(32)29-15(20(33)34)12(10-36-19(14)29)4-1-7-30-8-2-5-28(30)6-3-9-30/h1,4,14,19H,2-3,5-11H2,(H3-,23,24,25,27,31,33,34)/p+1/b4-1+,26-13-/t14-,19-/m1/s1. The highest BCUT2D eigenvalue weighted by atomic mass is 32.2. The van der Waals surface area contributed by atoms with Crippen LogP contribution in [0.4, 0.5) is 9.52 Å². The van der Waals surface area contributed by atoms with Crippen molar-refractivity contribution in [3.05, 3.63) is 29.2 Å². The number of carbonyl (C=O) groups excluding carboxylic acids is 2. The van der Waals surface area contributed by atoms with Crippen LogP contribution in [0.3, 0.4) is 0 Å². The first-order valence-corrected chi connectivity index (χ1v) is 13.5. The molecule has 2 atom stereocenters. The summed E-state index contributed by atoms with van der Waals surface area (Å²) in [5.41, 5.74) is 5.58. The van der Waals surface area contributed by atoms with Crippen LogP contribution in [-0.4, -0.2) is 109 Å². The first kappa shape index (κ1) is 25.6. The number of rotatable bonds is 9. The fraction of sp³-hybridized carbons (Fsp3) is 0.524. The van der Waals surface area contributed by atoms with E-state index in [1.165, 1.54) is 16.7 Å². The van der Waals surface area contributed by atoms with E-state index in [1.807, 2.05) is 12.2 Å². The summed E-state index contributed by atoms with van der Waals surface area (Å²) in [6, 6.07) is -1.01. The number of alkyl halides is 1. The van der Waals surface area contributed by atoms with Gasteiger partial charge in [-0.15, -0.1) is 11.8 Å². The van der Waals surface area contributed by atoms with Gasteiger partial charge in [0.05, 0.1) is 26.2 Å². The second-order valence-electron chi connectivity index (χ2n) is 8.96. The normalized spacial score (nSPS) is 25.3. The SMILES string of the molecule is Nc1nc(/C(=N/OCF)C(=O)N[C@@H]2C(=O)N3C(C(=O)O)=C(/C=C/C[N+]45CCCN4CCC5)CS[C@H]23)ns1. The van der Waals surface area contributed by atoms with Gasteiger partial charge in [-0.2, -0.15) is 14.4 Å². The fourth-order valence-corrected chi connectivity index (χ4v) is 7.05. The number of halogens is 1. The molecular weight excluding hydrogens is 527 g/mol. The van der Waals surface area contributed by atoms with E-state index in [0.717, 1.165) is 61.7 Å². The van der Waals surface area contributed by atoms with Crippen LogP contribution in [-0.2, 0) is 19.2 Å². The lowest BCUT2D eigenvalue weighted by Crippen LogP contribution is -2.71. The van der Waals surface area contributed by atoms with Crippen molar-refractivity contribution < 1.29 is 33.3 Å². The molecule has 37 heavy (non-hydrogen) atoms. The number of nitrogens with two attached hydrogens (primary N) is 1. The van der Waals surface area contributed by atoms with Crippen molar-refractivity contribution in [2.75, 3.05) is 51.1 Å². The minimum atomic E-state index is -1.29. The zero-order valence-corrected chi connectivity index (χ0v) is 21.3. The average molecular weight is 554 g/mol. The van der Waals surface area contributed by atoms with Gasteiger partial charge in [0.15, 0.2) is 5.13 Å². The number of carboxylic acid groups (broad SMARTS) is 1. The zero-order chi connectivity index (χ0) is 26.2. The summed E-state index contributed by atoms with van der Waals surface area (Å²) in [4.78, 5) is 47.4. The zero-order valence-electron chi connectivity index (χ0n) is 19.7. The number of thioether (sulfide) groups is 1. The Labute approximate surface area is 219 Å². The number of aliphatic carboxylic acids is 1. The van der Waals surface area contributed by atoms with Gasteiger partial charge in [0.2, 0.25) is 11.5 Å². The Hall–Kier alpha value is -3.08. The van der Waals surface area contributed by atoms with Gasteiger partial charge in [-0.1, -0.05) is 11.2 Å². The summed E-state index contributed by atoms with van der Waals surface area (Å²) in [6.45, 7) is 3.84. The van der Waals surface area contributed by atoms with Gasteiger partial charge < -0.3 is 21.0 Å². The monoisotopic (exact) mass is 553 g/mol. The molecule has 5 rings (SSSR count). The van der Waals surface area contributed by atoms with Crippen LogP contribution in [0.2, 0.25) is 0 Å². The van der Waals surface area contributed by atoms with Crippen LogP contribution in [0.5, 0.6) is 0 Å². The van der Waals surface area contributed by atoms with Gasteiger partial charge in [-0.25, -0.2) is 13.8 Å². The largest absolute Gasteiger partial charge is 0.477 e. The number of hydrogen-bond acceptors (Lipinski definition) is 11. The summed E-state index contributed by atoms with van der Waals surface area (Å²) >= 11 is 2.16.